The predicted octanol–water partition coefficient (Wildman–Crippen LogP) is 3.75. The van der Waals surface area contributed by atoms with Crippen LogP contribution in [0.1, 0.15) is 16.7 Å². The van der Waals surface area contributed by atoms with Gasteiger partial charge < -0.3 is 4.84 Å². The van der Waals surface area contributed by atoms with Gasteiger partial charge in [0.1, 0.15) is 12.8 Å². The Labute approximate surface area is 120 Å². The van der Waals surface area contributed by atoms with Crippen molar-refractivity contribution in [2.75, 3.05) is 0 Å². The van der Waals surface area contributed by atoms with Crippen LogP contribution in [-0.2, 0) is 11.4 Å². The van der Waals surface area contributed by atoms with Gasteiger partial charge in [-0.15, -0.1) is 0 Å². The van der Waals surface area contributed by atoms with Crippen LogP contribution >= 0.6 is 15.9 Å². The number of nitriles is 1. The molecule has 0 spiro atoms. The molecule has 0 bridgehead atoms. The molecule has 3 nitrogen and oxygen atoms in total. The third-order valence-electron chi connectivity index (χ3n) is 2.37. The van der Waals surface area contributed by atoms with E-state index in [2.05, 4.69) is 33.4 Å². The summed E-state index contributed by atoms with van der Waals surface area (Å²) in [5, 5.41) is 12.5. The molecule has 4 heteroatoms. The molecule has 19 heavy (non-hydrogen) atoms. The highest BCUT2D eigenvalue weighted by Crippen LogP contribution is 2.09. The number of hydrogen-bond donors (Lipinski definition) is 0. The Kier molecular flexibility index (Phi) is 4.71. The van der Waals surface area contributed by atoms with E-state index in [1.807, 2.05) is 36.4 Å². The van der Waals surface area contributed by atoms with Crippen molar-refractivity contribution in [2.45, 2.75) is 6.61 Å². The van der Waals surface area contributed by atoms with Crippen molar-refractivity contribution in [3.05, 3.63) is 69.7 Å². The molecule has 0 N–H and O–H groups in total. The molecule has 0 heterocycles. The van der Waals surface area contributed by atoms with Crippen LogP contribution in [0.3, 0.4) is 0 Å². The Morgan fingerprint density at radius 1 is 1.11 bits per heavy atom. The van der Waals surface area contributed by atoms with Gasteiger partial charge in [0.2, 0.25) is 0 Å². The summed E-state index contributed by atoms with van der Waals surface area (Å²) in [6, 6.07) is 16.9. The number of benzene rings is 2. The average Bonchev–Trinajstić information content (AvgIpc) is 2.46. The van der Waals surface area contributed by atoms with Gasteiger partial charge in [-0.3, -0.25) is 0 Å². The van der Waals surface area contributed by atoms with Crippen LogP contribution in [0, 0.1) is 11.3 Å². The second-order valence-corrected chi connectivity index (χ2v) is 4.71. The van der Waals surface area contributed by atoms with Crippen molar-refractivity contribution in [2.24, 2.45) is 5.16 Å². The number of nitrogens with zero attached hydrogens (tertiary/aromatic N) is 2. The molecule has 0 aromatic heterocycles. The number of halogens is 1. The Morgan fingerprint density at radius 2 is 1.89 bits per heavy atom. The molecule has 0 aliphatic carbocycles. The molecule has 0 saturated heterocycles. The summed E-state index contributed by atoms with van der Waals surface area (Å²) in [7, 11) is 0. The van der Waals surface area contributed by atoms with Crippen molar-refractivity contribution in [1.82, 2.24) is 0 Å². The summed E-state index contributed by atoms with van der Waals surface area (Å²) in [4.78, 5) is 5.15. The third kappa shape index (κ3) is 4.23. The van der Waals surface area contributed by atoms with Crippen LogP contribution in [0.15, 0.2) is 58.2 Å². The molecule has 0 atom stereocenters. The first-order valence-electron chi connectivity index (χ1n) is 5.60. The first-order chi connectivity index (χ1) is 9.28. The standard InChI is InChI=1S/C15H10BrN2O/c16-15-6-4-12(5-7-15)10-18-19-11-14-3-1-2-13(8-14)9-17/h1-8H,11H2. The van der Waals surface area contributed by atoms with Crippen LogP contribution in [0.2, 0.25) is 0 Å². The molecular formula is C15H10BrN2O. The Bertz CT molecular complexity index is 615. The summed E-state index contributed by atoms with van der Waals surface area (Å²) in [6.07, 6.45) is 2.79. The van der Waals surface area contributed by atoms with Gasteiger partial charge in [0.15, 0.2) is 0 Å². The van der Waals surface area contributed by atoms with Crippen molar-refractivity contribution in [1.29, 1.82) is 5.26 Å². The molecule has 0 fully saturated rings. The second-order valence-electron chi connectivity index (χ2n) is 3.80. The maximum Gasteiger partial charge on any atom is 0.142 e. The lowest BCUT2D eigenvalue weighted by atomic mass is 10.1. The van der Waals surface area contributed by atoms with E-state index >= 15 is 0 Å². The number of rotatable bonds is 4. The molecule has 2 aromatic rings. The fourth-order valence-corrected chi connectivity index (χ4v) is 1.71. The summed E-state index contributed by atoms with van der Waals surface area (Å²) in [5.41, 5.74) is 2.36. The zero-order chi connectivity index (χ0) is 13.5. The quantitative estimate of drug-likeness (QED) is 0.637. The lowest BCUT2D eigenvalue weighted by Gasteiger charge is -1.99. The Balaban J connectivity index is 1.89. The molecule has 2 rings (SSSR count). The van der Waals surface area contributed by atoms with Gasteiger partial charge in [0.25, 0.3) is 0 Å². The highest BCUT2D eigenvalue weighted by atomic mass is 79.9. The minimum atomic E-state index is 0.319. The van der Waals surface area contributed by atoms with Crippen LogP contribution in [-0.4, -0.2) is 6.21 Å². The Hall–Kier alpha value is -2.12. The van der Waals surface area contributed by atoms with E-state index in [1.54, 1.807) is 12.1 Å². The van der Waals surface area contributed by atoms with Crippen LogP contribution in [0.4, 0.5) is 0 Å². The molecule has 93 valence electrons. The molecule has 0 saturated carbocycles. The van der Waals surface area contributed by atoms with Crippen molar-refractivity contribution in [3.63, 3.8) is 0 Å². The minimum Gasteiger partial charge on any atom is -0.390 e. The topological polar surface area (TPSA) is 45.4 Å². The first kappa shape index (κ1) is 13.3. The maximum absolute atomic E-state index is 8.77. The van der Waals surface area contributed by atoms with Gasteiger partial charge in [-0.25, -0.2) is 0 Å². The highest BCUT2D eigenvalue weighted by Gasteiger charge is 1.95. The molecule has 0 aliphatic heterocycles. The van der Waals surface area contributed by atoms with Crippen LogP contribution in [0.5, 0.6) is 0 Å². The van der Waals surface area contributed by atoms with E-state index in [1.165, 1.54) is 0 Å². The third-order valence-corrected chi connectivity index (χ3v) is 2.90. The van der Waals surface area contributed by atoms with Gasteiger partial charge >= 0.3 is 0 Å². The molecule has 1 radical (unpaired) electrons. The molecule has 0 unspecified atom stereocenters. The summed E-state index contributed by atoms with van der Waals surface area (Å²) < 4.78 is 1.01. The van der Waals surface area contributed by atoms with Crippen LogP contribution in [0.25, 0.3) is 0 Å². The van der Waals surface area contributed by atoms with Gasteiger partial charge in [-0.05, 0) is 29.8 Å². The maximum atomic E-state index is 8.77. The normalized spacial score (nSPS) is 10.3. The average molecular weight is 314 g/mol. The van der Waals surface area contributed by atoms with E-state index in [4.69, 9.17) is 10.1 Å². The zero-order valence-electron chi connectivity index (χ0n) is 10.0. The second kappa shape index (κ2) is 6.72. The lowest BCUT2D eigenvalue weighted by Crippen LogP contribution is -1.89. The van der Waals surface area contributed by atoms with E-state index in [9.17, 15) is 0 Å². The smallest absolute Gasteiger partial charge is 0.142 e. The van der Waals surface area contributed by atoms with E-state index in [0.717, 1.165) is 15.6 Å². The highest BCUT2D eigenvalue weighted by molar-refractivity contribution is 9.10. The first-order valence-corrected chi connectivity index (χ1v) is 6.40. The molecular weight excluding hydrogens is 304 g/mol. The monoisotopic (exact) mass is 313 g/mol. The number of hydrogen-bond acceptors (Lipinski definition) is 3. The van der Waals surface area contributed by atoms with E-state index < -0.39 is 0 Å². The minimum absolute atomic E-state index is 0.319. The van der Waals surface area contributed by atoms with Gasteiger partial charge in [-0.2, -0.15) is 5.26 Å². The largest absolute Gasteiger partial charge is 0.390 e. The fourth-order valence-electron chi connectivity index (χ4n) is 1.45. The predicted molar refractivity (Wildman–Crippen MR) is 76.6 cm³/mol. The summed E-state index contributed by atoms with van der Waals surface area (Å²) in [6.45, 7) is 0.319. The van der Waals surface area contributed by atoms with Crippen molar-refractivity contribution >= 4 is 22.1 Å². The van der Waals surface area contributed by atoms with Crippen LogP contribution < -0.4 is 0 Å². The summed E-state index contributed by atoms with van der Waals surface area (Å²) in [5.74, 6) is 0. The summed E-state index contributed by atoms with van der Waals surface area (Å²) >= 11 is 3.36. The molecule has 0 aliphatic rings. The Morgan fingerprint density at radius 3 is 2.63 bits per heavy atom. The van der Waals surface area contributed by atoms with E-state index in [0.29, 0.717) is 12.2 Å². The van der Waals surface area contributed by atoms with E-state index in [-0.39, 0.29) is 0 Å². The SMILES string of the molecule is N#Cc1cccc(CO/N=[C]\c2ccc(Br)cc2)c1. The van der Waals surface area contributed by atoms with Crippen molar-refractivity contribution in [3.8, 4) is 6.07 Å². The molecule has 0 amide bonds. The molecule has 2 aromatic carbocycles. The van der Waals surface area contributed by atoms with Gasteiger partial charge in [0.05, 0.1) is 11.6 Å². The zero-order valence-corrected chi connectivity index (χ0v) is 11.6. The van der Waals surface area contributed by atoms with Gasteiger partial charge in [0, 0.05) is 10.0 Å². The lowest BCUT2D eigenvalue weighted by molar-refractivity contribution is 0.132. The van der Waals surface area contributed by atoms with Gasteiger partial charge in [-0.1, -0.05) is 45.4 Å². The fraction of sp³-hybridized carbons (Fsp3) is 0.0667. The van der Waals surface area contributed by atoms with Crippen molar-refractivity contribution < 1.29 is 4.84 Å².